The van der Waals surface area contributed by atoms with Crippen LogP contribution in [0, 0.1) is 13.8 Å². The van der Waals surface area contributed by atoms with Crippen molar-refractivity contribution in [3.63, 3.8) is 0 Å². The Kier molecular flexibility index (Phi) is 5.36. The second kappa shape index (κ2) is 6.59. The van der Waals surface area contributed by atoms with E-state index in [1.54, 1.807) is 0 Å². The van der Waals surface area contributed by atoms with Gasteiger partial charge in [-0.2, -0.15) is 0 Å². The Hall–Kier alpha value is -1.78. The van der Waals surface area contributed by atoms with E-state index in [9.17, 15) is 0 Å². The highest BCUT2D eigenvalue weighted by Gasteiger charge is 2.00. The van der Waals surface area contributed by atoms with Crippen molar-refractivity contribution in [1.82, 2.24) is 0 Å². The van der Waals surface area contributed by atoms with Gasteiger partial charge in [0.1, 0.15) is 0 Å². The second-order valence-corrected chi connectivity index (χ2v) is 5.28. The Labute approximate surface area is 128 Å². The third kappa shape index (κ3) is 4.11. The van der Waals surface area contributed by atoms with Crippen molar-refractivity contribution < 1.29 is 0 Å². The summed E-state index contributed by atoms with van der Waals surface area (Å²) in [5.41, 5.74) is 26.7. The molecule has 0 aliphatic heterocycles. The molecule has 0 bridgehead atoms. The number of anilines is 4. The number of rotatable bonds is 0. The topological polar surface area (TPSA) is 104 Å². The van der Waals surface area contributed by atoms with Crippen molar-refractivity contribution in [3.05, 3.63) is 45.4 Å². The van der Waals surface area contributed by atoms with Gasteiger partial charge in [0, 0.05) is 11.4 Å². The quantitative estimate of drug-likeness (QED) is 0.557. The van der Waals surface area contributed by atoms with Gasteiger partial charge in [-0.3, -0.25) is 0 Å². The first kappa shape index (κ1) is 16.3. The van der Waals surface area contributed by atoms with Crippen LogP contribution in [-0.4, -0.2) is 0 Å². The Bertz CT molecular complexity index is 471. The molecule has 6 heteroatoms. The highest BCUT2D eigenvalue weighted by molar-refractivity contribution is 6.36. The maximum Gasteiger partial charge on any atom is 0.0656 e. The lowest BCUT2D eigenvalue weighted by atomic mass is 10.1. The van der Waals surface area contributed by atoms with Crippen LogP contribution in [0.1, 0.15) is 11.1 Å². The van der Waals surface area contributed by atoms with E-state index in [1.807, 2.05) is 26.0 Å². The Morgan fingerprint density at radius 2 is 0.900 bits per heavy atom. The summed E-state index contributed by atoms with van der Waals surface area (Å²) >= 11 is 11.2. The van der Waals surface area contributed by atoms with E-state index in [-0.39, 0.29) is 0 Å². The van der Waals surface area contributed by atoms with E-state index in [2.05, 4.69) is 0 Å². The fourth-order valence-corrected chi connectivity index (χ4v) is 1.78. The fraction of sp³-hybridized carbons (Fsp3) is 0.143. The van der Waals surface area contributed by atoms with Crippen molar-refractivity contribution in [3.8, 4) is 0 Å². The Balaban J connectivity index is 0.000000200. The number of hydrogen-bond donors (Lipinski definition) is 4. The highest BCUT2D eigenvalue weighted by Crippen LogP contribution is 2.28. The van der Waals surface area contributed by atoms with Crippen LogP contribution in [0.4, 0.5) is 22.7 Å². The Morgan fingerprint density at radius 1 is 0.600 bits per heavy atom. The van der Waals surface area contributed by atoms with Crippen LogP contribution < -0.4 is 22.9 Å². The second-order valence-electron chi connectivity index (χ2n) is 4.46. The summed E-state index contributed by atoms with van der Waals surface area (Å²) in [6.45, 7) is 3.90. The van der Waals surface area contributed by atoms with E-state index in [4.69, 9.17) is 46.1 Å². The lowest BCUT2D eigenvalue weighted by Crippen LogP contribution is -1.95. The molecule has 0 radical (unpaired) electrons. The summed E-state index contributed by atoms with van der Waals surface area (Å²) < 4.78 is 0. The SMILES string of the molecule is Cc1cc(N)c(C)cc1N.Nc1cc(Cl)c(N)cc1Cl. The van der Waals surface area contributed by atoms with Crippen molar-refractivity contribution in [2.75, 3.05) is 22.9 Å². The van der Waals surface area contributed by atoms with E-state index < -0.39 is 0 Å². The summed E-state index contributed by atoms with van der Waals surface area (Å²) in [6.07, 6.45) is 0. The smallest absolute Gasteiger partial charge is 0.0656 e. The monoisotopic (exact) mass is 312 g/mol. The summed E-state index contributed by atoms with van der Waals surface area (Å²) in [6, 6.07) is 6.84. The van der Waals surface area contributed by atoms with E-state index in [0.717, 1.165) is 22.5 Å². The first-order chi connectivity index (χ1) is 9.22. The van der Waals surface area contributed by atoms with E-state index >= 15 is 0 Å². The number of halogens is 2. The van der Waals surface area contributed by atoms with Crippen LogP contribution in [0.15, 0.2) is 24.3 Å². The summed E-state index contributed by atoms with van der Waals surface area (Å²) in [4.78, 5) is 0. The molecule has 2 rings (SSSR count). The molecule has 8 N–H and O–H groups in total. The standard InChI is InChI=1S/C8H12N2.C6H6Cl2N2/c1-5-3-8(10)6(2)4-7(5)9;7-3-1-5(9)4(8)2-6(3)10/h3-4H,9-10H2,1-2H3;1-2H,9-10H2. The van der Waals surface area contributed by atoms with Crippen LogP contribution in [0.3, 0.4) is 0 Å². The molecule has 0 saturated carbocycles. The molecule has 0 heterocycles. The molecule has 0 spiro atoms. The molecule has 4 nitrogen and oxygen atoms in total. The molecule has 108 valence electrons. The molecule has 2 aromatic carbocycles. The molecule has 0 fully saturated rings. The summed E-state index contributed by atoms with van der Waals surface area (Å²) in [5.74, 6) is 0. The Morgan fingerprint density at radius 3 is 1.20 bits per heavy atom. The lowest BCUT2D eigenvalue weighted by Gasteiger charge is -2.03. The normalized spacial score (nSPS) is 9.80. The molecule has 0 atom stereocenters. The van der Waals surface area contributed by atoms with E-state index in [1.165, 1.54) is 12.1 Å². The van der Waals surface area contributed by atoms with Gasteiger partial charge in [0.05, 0.1) is 21.4 Å². The predicted molar refractivity (Wildman–Crippen MR) is 90.0 cm³/mol. The maximum absolute atomic E-state index is 5.63. The number of hydrogen-bond acceptors (Lipinski definition) is 4. The van der Waals surface area contributed by atoms with Crippen molar-refractivity contribution in [2.24, 2.45) is 0 Å². The average molecular weight is 313 g/mol. The minimum atomic E-state index is 0.432. The molecule has 0 aromatic heterocycles. The molecule has 0 aliphatic rings. The van der Waals surface area contributed by atoms with Gasteiger partial charge in [0.25, 0.3) is 0 Å². The summed E-state index contributed by atoms with van der Waals surface area (Å²) in [7, 11) is 0. The zero-order valence-electron chi connectivity index (χ0n) is 11.4. The first-order valence-electron chi connectivity index (χ1n) is 5.84. The molecule has 2 aromatic rings. The first-order valence-corrected chi connectivity index (χ1v) is 6.60. The third-order valence-corrected chi connectivity index (χ3v) is 3.43. The molecule has 0 saturated heterocycles. The zero-order chi connectivity index (χ0) is 15.4. The van der Waals surface area contributed by atoms with Gasteiger partial charge >= 0.3 is 0 Å². The number of aryl methyl sites for hydroxylation is 2. The third-order valence-electron chi connectivity index (χ3n) is 2.77. The van der Waals surface area contributed by atoms with Crippen LogP contribution >= 0.6 is 23.2 Å². The van der Waals surface area contributed by atoms with Gasteiger partial charge in [-0.1, -0.05) is 23.2 Å². The van der Waals surface area contributed by atoms with Crippen LogP contribution in [0.5, 0.6) is 0 Å². The molecular weight excluding hydrogens is 295 g/mol. The molecule has 20 heavy (non-hydrogen) atoms. The minimum absolute atomic E-state index is 0.432. The van der Waals surface area contributed by atoms with Gasteiger partial charge in [-0.05, 0) is 49.2 Å². The minimum Gasteiger partial charge on any atom is -0.399 e. The van der Waals surface area contributed by atoms with Gasteiger partial charge in [0.15, 0.2) is 0 Å². The largest absolute Gasteiger partial charge is 0.399 e. The van der Waals surface area contributed by atoms with Crippen molar-refractivity contribution in [2.45, 2.75) is 13.8 Å². The number of benzene rings is 2. The van der Waals surface area contributed by atoms with Crippen LogP contribution in [0.25, 0.3) is 0 Å². The number of nitrogen functional groups attached to an aromatic ring is 4. The van der Waals surface area contributed by atoms with E-state index in [0.29, 0.717) is 21.4 Å². The lowest BCUT2D eigenvalue weighted by molar-refractivity contribution is 1.40. The van der Waals surface area contributed by atoms with Gasteiger partial charge < -0.3 is 22.9 Å². The fourth-order valence-electron chi connectivity index (χ4n) is 1.44. The number of nitrogens with two attached hydrogens (primary N) is 4. The van der Waals surface area contributed by atoms with Crippen molar-refractivity contribution in [1.29, 1.82) is 0 Å². The zero-order valence-corrected chi connectivity index (χ0v) is 12.9. The van der Waals surface area contributed by atoms with Gasteiger partial charge in [0.2, 0.25) is 0 Å². The van der Waals surface area contributed by atoms with Crippen LogP contribution in [0.2, 0.25) is 10.0 Å². The van der Waals surface area contributed by atoms with Gasteiger partial charge in [-0.25, -0.2) is 0 Å². The van der Waals surface area contributed by atoms with Crippen molar-refractivity contribution >= 4 is 46.0 Å². The molecule has 0 unspecified atom stereocenters. The van der Waals surface area contributed by atoms with Gasteiger partial charge in [-0.15, -0.1) is 0 Å². The molecular formula is C14H18Cl2N4. The predicted octanol–water partition coefficient (Wildman–Crippen LogP) is 3.63. The maximum atomic E-state index is 5.63. The molecule has 0 aliphatic carbocycles. The average Bonchev–Trinajstić information content (AvgIpc) is 2.35. The molecule has 0 amide bonds. The highest BCUT2D eigenvalue weighted by atomic mass is 35.5. The van der Waals surface area contributed by atoms with Crippen LogP contribution in [-0.2, 0) is 0 Å². The summed E-state index contributed by atoms with van der Waals surface area (Å²) in [5, 5.41) is 0.865.